The fourth-order valence-corrected chi connectivity index (χ4v) is 3.26. The molecular weight excluding hydrogens is 408 g/mol. The molecule has 1 aromatic heterocycles. The summed E-state index contributed by atoms with van der Waals surface area (Å²) in [7, 11) is 0. The van der Waals surface area contributed by atoms with E-state index in [9.17, 15) is 9.59 Å². The van der Waals surface area contributed by atoms with Crippen LogP contribution in [-0.4, -0.2) is 23.3 Å². The minimum atomic E-state index is -0.540. The maximum absolute atomic E-state index is 12.8. The summed E-state index contributed by atoms with van der Waals surface area (Å²) in [6.45, 7) is 1.93. The van der Waals surface area contributed by atoms with Gasteiger partial charge in [0, 0.05) is 20.4 Å². The summed E-state index contributed by atoms with van der Waals surface area (Å²) >= 11 is 9.43. The average Bonchev–Trinajstić information content (AvgIpc) is 2.90. The highest BCUT2D eigenvalue weighted by Crippen LogP contribution is 2.33. The number of nitrogens with two attached hydrogens (primary N) is 1. The number of fused-ring (bicyclic) bond motifs is 1. The van der Waals surface area contributed by atoms with Crippen LogP contribution in [0.2, 0.25) is 5.02 Å². The van der Waals surface area contributed by atoms with Gasteiger partial charge in [-0.3, -0.25) is 4.79 Å². The van der Waals surface area contributed by atoms with Gasteiger partial charge < -0.3 is 15.5 Å². The number of ether oxygens (including phenoxy) is 1. The van der Waals surface area contributed by atoms with Crippen molar-refractivity contribution in [1.82, 2.24) is 4.98 Å². The molecule has 0 aliphatic rings. The van der Waals surface area contributed by atoms with E-state index in [1.54, 1.807) is 31.2 Å². The monoisotopic (exact) mass is 420 g/mol. The Hall–Kier alpha value is -2.31. The van der Waals surface area contributed by atoms with Crippen LogP contribution in [-0.2, 0) is 4.74 Å². The molecule has 1 heterocycles. The third kappa shape index (κ3) is 3.27. The van der Waals surface area contributed by atoms with Crippen LogP contribution in [0.3, 0.4) is 0 Å². The minimum Gasteiger partial charge on any atom is -0.462 e. The van der Waals surface area contributed by atoms with E-state index in [0.29, 0.717) is 21.5 Å². The smallest absolute Gasteiger partial charge is 0.338 e. The molecule has 3 rings (SSSR count). The lowest BCUT2D eigenvalue weighted by Crippen LogP contribution is -2.07. The molecule has 7 heteroatoms. The van der Waals surface area contributed by atoms with E-state index >= 15 is 0 Å². The maximum Gasteiger partial charge on any atom is 0.338 e. The maximum atomic E-state index is 12.8. The lowest BCUT2D eigenvalue weighted by molar-refractivity contribution is 0.0528. The molecular formula is C18H14BrClN2O3. The Morgan fingerprint density at radius 3 is 2.72 bits per heavy atom. The van der Waals surface area contributed by atoms with Gasteiger partial charge in [0.05, 0.1) is 23.4 Å². The Labute approximate surface area is 157 Å². The van der Waals surface area contributed by atoms with Gasteiger partial charge in [0.25, 0.3) is 0 Å². The fourth-order valence-electron chi connectivity index (χ4n) is 2.65. The third-order valence-electron chi connectivity index (χ3n) is 3.71. The van der Waals surface area contributed by atoms with Gasteiger partial charge in [-0.25, -0.2) is 4.79 Å². The third-order valence-corrected chi connectivity index (χ3v) is 4.42. The van der Waals surface area contributed by atoms with E-state index in [0.717, 1.165) is 4.47 Å². The first-order valence-corrected chi connectivity index (χ1v) is 8.67. The van der Waals surface area contributed by atoms with Gasteiger partial charge in [-0.15, -0.1) is 0 Å². The Bertz CT molecular complexity index is 997. The van der Waals surface area contributed by atoms with E-state index in [1.807, 2.05) is 6.07 Å². The number of halogens is 2. The predicted octanol–water partition coefficient (Wildman–Crippen LogP) is 4.57. The zero-order chi connectivity index (χ0) is 18.1. The van der Waals surface area contributed by atoms with Gasteiger partial charge in [-0.1, -0.05) is 39.7 Å². The molecule has 0 unspecified atom stereocenters. The van der Waals surface area contributed by atoms with Crippen molar-refractivity contribution < 1.29 is 14.3 Å². The summed E-state index contributed by atoms with van der Waals surface area (Å²) < 4.78 is 5.84. The number of ketones is 1. The lowest BCUT2D eigenvalue weighted by Gasteiger charge is -2.05. The molecule has 3 aromatic rings. The number of rotatable bonds is 4. The molecule has 2 aromatic carbocycles. The van der Waals surface area contributed by atoms with Gasteiger partial charge >= 0.3 is 5.97 Å². The number of hydrogen-bond donors (Lipinski definition) is 2. The summed E-state index contributed by atoms with van der Waals surface area (Å²) in [6, 6.07) is 10.1. The number of esters is 1. The summed E-state index contributed by atoms with van der Waals surface area (Å²) in [5.41, 5.74) is 7.79. The largest absolute Gasteiger partial charge is 0.462 e. The molecule has 0 aliphatic carbocycles. The topological polar surface area (TPSA) is 85.2 Å². The predicted molar refractivity (Wildman–Crippen MR) is 101 cm³/mol. The molecule has 0 atom stereocenters. The minimum absolute atomic E-state index is 0.194. The SMILES string of the molecule is CCOC(=O)c1cc(Cl)cc2[nH]c(C(=O)c3cccc(Br)c3)c(N)c12. The second-order valence-electron chi connectivity index (χ2n) is 5.35. The van der Waals surface area contributed by atoms with Crippen LogP contribution >= 0.6 is 27.5 Å². The standard InChI is InChI=1S/C18H14BrClN2O3/c1-2-25-18(24)12-7-11(20)8-13-14(12)15(21)16(22-13)17(23)9-4-3-5-10(19)6-9/h3-8,22H,2,21H2,1H3. The van der Waals surface area contributed by atoms with Gasteiger partial charge in [0.1, 0.15) is 5.69 Å². The van der Waals surface area contributed by atoms with Crippen molar-refractivity contribution in [2.75, 3.05) is 12.3 Å². The van der Waals surface area contributed by atoms with Gasteiger partial charge in [-0.2, -0.15) is 0 Å². The van der Waals surface area contributed by atoms with Crippen LogP contribution in [0.25, 0.3) is 10.9 Å². The molecule has 0 saturated heterocycles. The molecule has 0 spiro atoms. The molecule has 0 amide bonds. The van der Waals surface area contributed by atoms with Crippen LogP contribution < -0.4 is 5.73 Å². The number of aromatic nitrogens is 1. The van der Waals surface area contributed by atoms with Crippen LogP contribution in [0.5, 0.6) is 0 Å². The second kappa shape index (κ2) is 6.90. The molecule has 0 fully saturated rings. The zero-order valence-corrected chi connectivity index (χ0v) is 15.6. The first-order chi connectivity index (χ1) is 11.9. The first-order valence-electron chi connectivity index (χ1n) is 7.50. The van der Waals surface area contributed by atoms with E-state index in [2.05, 4.69) is 20.9 Å². The molecule has 0 aliphatic heterocycles. The molecule has 0 radical (unpaired) electrons. The normalized spacial score (nSPS) is 10.8. The number of H-pyrrole nitrogens is 1. The highest BCUT2D eigenvalue weighted by Gasteiger charge is 2.23. The molecule has 5 nitrogen and oxygen atoms in total. The number of benzene rings is 2. The number of carbonyl (C=O) groups excluding carboxylic acids is 2. The van der Waals surface area contributed by atoms with Crippen LogP contribution in [0.4, 0.5) is 5.69 Å². The van der Waals surface area contributed by atoms with Gasteiger partial charge in [0.15, 0.2) is 0 Å². The van der Waals surface area contributed by atoms with E-state index in [-0.39, 0.29) is 29.3 Å². The number of nitrogen functional groups attached to an aromatic ring is 1. The highest BCUT2D eigenvalue weighted by molar-refractivity contribution is 9.10. The number of anilines is 1. The molecule has 0 bridgehead atoms. The lowest BCUT2D eigenvalue weighted by atomic mass is 10.0. The number of nitrogens with one attached hydrogen (secondary N) is 1. The first kappa shape index (κ1) is 17.5. The van der Waals surface area contributed by atoms with Crippen molar-refractivity contribution in [1.29, 1.82) is 0 Å². The second-order valence-corrected chi connectivity index (χ2v) is 6.70. The number of carbonyl (C=O) groups is 2. The summed E-state index contributed by atoms with van der Waals surface area (Å²) in [5.74, 6) is -0.817. The summed E-state index contributed by atoms with van der Waals surface area (Å²) in [6.07, 6.45) is 0. The molecule has 0 saturated carbocycles. The van der Waals surface area contributed by atoms with Gasteiger partial charge in [0.2, 0.25) is 5.78 Å². The van der Waals surface area contributed by atoms with Crippen LogP contribution in [0.1, 0.15) is 33.3 Å². The van der Waals surface area contributed by atoms with E-state index in [1.165, 1.54) is 6.07 Å². The van der Waals surface area contributed by atoms with E-state index in [4.69, 9.17) is 22.1 Å². The number of aromatic amines is 1. The molecule has 128 valence electrons. The van der Waals surface area contributed by atoms with Crippen molar-refractivity contribution >= 4 is 55.9 Å². The Kier molecular flexibility index (Phi) is 4.83. The Morgan fingerprint density at radius 2 is 2.04 bits per heavy atom. The zero-order valence-electron chi connectivity index (χ0n) is 13.2. The quantitative estimate of drug-likeness (QED) is 0.477. The van der Waals surface area contributed by atoms with Crippen molar-refractivity contribution in [2.24, 2.45) is 0 Å². The molecule has 25 heavy (non-hydrogen) atoms. The van der Waals surface area contributed by atoms with Crippen molar-refractivity contribution in [3.8, 4) is 0 Å². The Morgan fingerprint density at radius 1 is 1.28 bits per heavy atom. The summed E-state index contributed by atoms with van der Waals surface area (Å²) in [5, 5.41) is 0.777. The van der Waals surface area contributed by atoms with Gasteiger partial charge in [-0.05, 0) is 31.2 Å². The van der Waals surface area contributed by atoms with Crippen molar-refractivity contribution in [3.05, 3.63) is 62.7 Å². The Balaban J connectivity index is 2.18. The van der Waals surface area contributed by atoms with Crippen LogP contribution in [0, 0.1) is 0 Å². The van der Waals surface area contributed by atoms with Crippen molar-refractivity contribution in [3.63, 3.8) is 0 Å². The van der Waals surface area contributed by atoms with Crippen molar-refractivity contribution in [2.45, 2.75) is 6.92 Å². The summed E-state index contributed by atoms with van der Waals surface area (Å²) in [4.78, 5) is 28.0. The van der Waals surface area contributed by atoms with E-state index < -0.39 is 5.97 Å². The fraction of sp³-hybridized carbons (Fsp3) is 0.111. The number of hydrogen-bond acceptors (Lipinski definition) is 4. The highest BCUT2D eigenvalue weighted by atomic mass is 79.9. The average molecular weight is 422 g/mol. The van der Waals surface area contributed by atoms with Crippen LogP contribution in [0.15, 0.2) is 40.9 Å². The molecule has 3 N–H and O–H groups in total.